The zero-order chi connectivity index (χ0) is 15.5. The fourth-order valence-electron chi connectivity index (χ4n) is 3.98. The second-order valence-corrected chi connectivity index (χ2v) is 7.21. The Morgan fingerprint density at radius 1 is 0.682 bits per heavy atom. The van der Waals surface area contributed by atoms with Gasteiger partial charge in [0.15, 0.2) is 0 Å². The summed E-state index contributed by atoms with van der Waals surface area (Å²) >= 11 is 0. The van der Waals surface area contributed by atoms with Gasteiger partial charge in [-0.1, -0.05) is 38.5 Å². The second-order valence-electron chi connectivity index (χ2n) is 7.21. The van der Waals surface area contributed by atoms with Crippen molar-refractivity contribution < 1.29 is 0 Å². The summed E-state index contributed by atoms with van der Waals surface area (Å²) in [5.41, 5.74) is 5.78. The first-order valence-electron chi connectivity index (χ1n) is 9.77. The molecule has 2 saturated carbocycles. The molecule has 0 aliphatic heterocycles. The first kappa shape index (κ1) is 18.2. The van der Waals surface area contributed by atoms with Crippen LogP contribution in [-0.4, -0.2) is 56.3 Å². The molecule has 130 valence electrons. The molecule has 0 saturated heterocycles. The molecule has 0 aromatic rings. The van der Waals surface area contributed by atoms with Gasteiger partial charge in [0.25, 0.3) is 0 Å². The molecular formula is C18H38N4. The van der Waals surface area contributed by atoms with Crippen molar-refractivity contribution in [3.63, 3.8) is 0 Å². The Hall–Kier alpha value is -0.160. The fourth-order valence-corrected chi connectivity index (χ4v) is 3.98. The van der Waals surface area contributed by atoms with Gasteiger partial charge in [0, 0.05) is 51.4 Å². The molecule has 0 radical (unpaired) electrons. The molecule has 2 rings (SSSR count). The van der Waals surface area contributed by atoms with Crippen LogP contribution >= 0.6 is 0 Å². The van der Waals surface area contributed by atoms with Crippen molar-refractivity contribution in [2.45, 2.75) is 76.3 Å². The van der Waals surface area contributed by atoms with E-state index < -0.39 is 0 Å². The van der Waals surface area contributed by atoms with Gasteiger partial charge in [-0.15, -0.1) is 0 Å². The van der Waals surface area contributed by atoms with E-state index in [1.165, 1.54) is 64.2 Å². The van der Waals surface area contributed by atoms with E-state index in [1.54, 1.807) is 0 Å². The summed E-state index contributed by atoms with van der Waals surface area (Å²) in [4.78, 5) is 2.52. The SMILES string of the molecule is NCCN(CCNC1CCCCC1)CCNC1CCCCC1. The number of hydrogen-bond acceptors (Lipinski definition) is 4. The number of nitrogens with two attached hydrogens (primary N) is 1. The average Bonchev–Trinajstić information content (AvgIpc) is 2.57. The highest BCUT2D eigenvalue weighted by Gasteiger charge is 2.14. The average molecular weight is 311 g/mol. The van der Waals surface area contributed by atoms with E-state index in [9.17, 15) is 0 Å². The van der Waals surface area contributed by atoms with E-state index in [4.69, 9.17) is 5.73 Å². The van der Waals surface area contributed by atoms with E-state index in [1.807, 2.05) is 0 Å². The van der Waals surface area contributed by atoms with Gasteiger partial charge in [-0.25, -0.2) is 0 Å². The van der Waals surface area contributed by atoms with Gasteiger partial charge < -0.3 is 16.4 Å². The first-order valence-corrected chi connectivity index (χ1v) is 9.77. The highest BCUT2D eigenvalue weighted by Crippen LogP contribution is 2.17. The highest BCUT2D eigenvalue weighted by molar-refractivity contribution is 4.74. The molecule has 0 aromatic heterocycles. The van der Waals surface area contributed by atoms with Crippen molar-refractivity contribution in [3.05, 3.63) is 0 Å². The molecule has 0 bridgehead atoms. The Morgan fingerprint density at radius 2 is 1.14 bits per heavy atom. The molecule has 0 atom stereocenters. The fraction of sp³-hybridized carbons (Fsp3) is 1.00. The Morgan fingerprint density at radius 3 is 1.55 bits per heavy atom. The molecule has 0 unspecified atom stereocenters. The van der Waals surface area contributed by atoms with E-state index in [0.717, 1.165) is 51.4 Å². The molecule has 2 aliphatic rings. The van der Waals surface area contributed by atoms with Gasteiger partial charge >= 0.3 is 0 Å². The van der Waals surface area contributed by atoms with Gasteiger partial charge in [-0.2, -0.15) is 0 Å². The summed E-state index contributed by atoms with van der Waals surface area (Å²) in [6, 6.07) is 1.54. The van der Waals surface area contributed by atoms with Crippen LogP contribution in [0.15, 0.2) is 0 Å². The number of rotatable bonds is 10. The Labute approximate surface area is 137 Å². The van der Waals surface area contributed by atoms with E-state index in [-0.39, 0.29) is 0 Å². The summed E-state index contributed by atoms with van der Waals surface area (Å²) in [6.07, 6.45) is 14.0. The van der Waals surface area contributed by atoms with Crippen molar-refractivity contribution in [1.29, 1.82) is 0 Å². The van der Waals surface area contributed by atoms with Crippen molar-refractivity contribution in [1.82, 2.24) is 15.5 Å². The van der Waals surface area contributed by atoms with Crippen LogP contribution in [0.25, 0.3) is 0 Å². The molecule has 0 heterocycles. The minimum Gasteiger partial charge on any atom is -0.329 e. The molecule has 0 spiro atoms. The van der Waals surface area contributed by atoms with Crippen molar-refractivity contribution in [2.75, 3.05) is 39.3 Å². The van der Waals surface area contributed by atoms with Crippen LogP contribution in [-0.2, 0) is 0 Å². The van der Waals surface area contributed by atoms with Gasteiger partial charge in [0.2, 0.25) is 0 Å². The predicted molar refractivity (Wildman–Crippen MR) is 95.2 cm³/mol. The zero-order valence-corrected chi connectivity index (χ0v) is 14.5. The minimum absolute atomic E-state index is 0.771. The van der Waals surface area contributed by atoms with Gasteiger partial charge in [-0.3, -0.25) is 4.90 Å². The first-order chi connectivity index (χ1) is 10.9. The molecule has 4 N–H and O–H groups in total. The topological polar surface area (TPSA) is 53.3 Å². The summed E-state index contributed by atoms with van der Waals surface area (Å²) in [5, 5.41) is 7.49. The quantitative estimate of drug-likeness (QED) is 0.578. The third kappa shape index (κ3) is 7.40. The lowest BCUT2D eigenvalue weighted by Gasteiger charge is -2.28. The maximum Gasteiger partial charge on any atom is 0.0108 e. The van der Waals surface area contributed by atoms with Crippen LogP contribution in [0.2, 0.25) is 0 Å². The maximum atomic E-state index is 5.78. The van der Waals surface area contributed by atoms with E-state index in [2.05, 4.69) is 15.5 Å². The van der Waals surface area contributed by atoms with Crippen LogP contribution in [0, 0.1) is 0 Å². The minimum atomic E-state index is 0.771. The molecule has 22 heavy (non-hydrogen) atoms. The molecule has 0 aromatic carbocycles. The molecule has 4 nitrogen and oxygen atoms in total. The third-order valence-corrected chi connectivity index (χ3v) is 5.38. The standard InChI is InChI=1S/C18H38N4/c19-11-14-22(15-12-20-17-7-3-1-4-8-17)16-13-21-18-9-5-2-6-10-18/h17-18,20-21H,1-16,19H2. The van der Waals surface area contributed by atoms with Crippen molar-refractivity contribution >= 4 is 0 Å². The number of nitrogens with one attached hydrogen (secondary N) is 2. The molecule has 2 fully saturated rings. The summed E-state index contributed by atoms with van der Waals surface area (Å²) in [6.45, 7) is 6.31. The van der Waals surface area contributed by atoms with Crippen LogP contribution in [0.3, 0.4) is 0 Å². The van der Waals surface area contributed by atoms with Crippen molar-refractivity contribution in [3.8, 4) is 0 Å². The smallest absolute Gasteiger partial charge is 0.0108 e. The van der Waals surface area contributed by atoms with Gasteiger partial charge in [0.1, 0.15) is 0 Å². The highest BCUT2D eigenvalue weighted by atomic mass is 15.2. The van der Waals surface area contributed by atoms with Crippen LogP contribution in [0.5, 0.6) is 0 Å². The lowest BCUT2D eigenvalue weighted by atomic mass is 9.95. The lowest BCUT2D eigenvalue weighted by molar-refractivity contribution is 0.257. The normalized spacial score (nSPS) is 21.5. The molecule has 0 amide bonds. The summed E-state index contributed by atoms with van der Waals surface area (Å²) in [5.74, 6) is 0. The van der Waals surface area contributed by atoms with Crippen molar-refractivity contribution in [2.24, 2.45) is 5.73 Å². The largest absolute Gasteiger partial charge is 0.329 e. The molecule has 2 aliphatic carbocycles. The number of nitrogens with zero attached hydrogens (tertiary/aromatic N) is 1. The summed E-state index contributed by atoms with van der Waals surface area (Å²) < 4.78 is 0. The molecular weight excluding hydrogens is 272 g/mol. The zero-order valence-electron chi connectivity index (χ0n) is 14.5. The van der Waals surface area contributed by atoms with E-state index in [0.29, 0.717) is 0 Å². The second kappa shape index (κ2) is 11.4. The monoisotopic (exact) mass is 310 g/mol. The molecule has 4 heteroatoms. The van der Waals surface area contributed by atoms with Crippen LogP contribution in [0.1, 0.15) is 64.2 Å². The Kier molecular flexibility index (Phi) is 9.41. The van der Waals surface area contributed by atoms with Crippen LogP contribution < -0.4 is 16.4 Å². The lowest BCUT2D eigenvalue weighted by Crippen LogP contribution is -2.43. The predicted octanol–water partition coefficient (Wildman–Crippen LogP) is 2.09. The van der Waals surface area contributed by atoms with Gasteiger partial charge in [0.05, 0.1) is 0 Å². The Balaban J connectivity index is 1.55. The van der Waals surface area contributed by atoms with Crippen LogP contribution in [0.4, 0.5) is 0 Å². The summed E-state index contributed by atoms with van der Waals surface area (Å²) in [7, 11) is 0. The third-order valence-electron chi connectivity index (χ3n) is 5.38. The Bertz CT molecular complexity index is 236. The number of hydrogen-bond donors (Lipinski definition) is 3. The van der Waals surface area contributed by atoms with Gasteiger partial charge in [-0.05, 0) is 25.7 Å². The maximum absolute atomic E-state index is 5.78. The van der Waals surface area contributed by atoms with E-state index >= 15 is 0 Å².